The summed E-state index contributed by atoms with van der Waals surface area (Å²) < 4.78 is 7.44. The number of carbonyl (C=O) groups excluding carboxylic acids is 1. The van der Waals surface area contributed by atoms with Crippen LogP contribution in [-0.4, -0.2) is 30.7 Å². The second-order valence-electron chi connectivity index (χ2n) is 5.69. The Kier molecular flexibility index (Phi) is 4.38. The highest BCUT2D eigenvalue weighted by molar-refractivity contribution is 5.75. The minimum absolute atomic E-state index is 0.114. The molecule has 0 aliphatic rings. The Morgan fingerprint density at radius 3 is 2.73 bits per heavy atom. The summed E-state index contributed by atoms with van der Waals surface area (Å²) in [7, 11) is 0. The van der Waals surface area contributed by atoms with E-state index in [2.05, 4.69) is 25.7 Å². The van der Waals surface area contributed by atoms with E-state index in [0.29, 0.717) is 30.6 Å². The molecule has 26 heavy (non-hydrogen) atoms. The Morgan fingerprint density at radius 1 is 1.00 bits per heavy atom. The third-order valence-corrected chi connectivity index (χ3v) is 3.88. The number of nitrogens with zero attached hydrogens (tertiary/aromatic N) is 5. The molecule has 1 aromatic carbocycles. The van der Waals surface area contributed by atoms with Crippen LogP contribution in [0.5, 0.6) is 0 Å². The number of fused-ring (bicyclic) bond motifs is 1. The summed E-state index contributed by atoms with van der Waals surface area (Å²) in [6.07, 6.45) is 2.50. The van der Waals surface area contributed by atoms with Gasteiger partial charge in [0.05, 0.1) is 6.54 Å². The number of pyridine rings is 1. The summed E-state index contributed by atoms with van der Waals surface area (Å²) in [5.74, 6) is 1.46. The van der Waals surface area contributed by atoms with Crippen molar-refractivity contribution in [2.45, 2.75) is 19.4 Å². The number of nitrogens with one attached hydrogen (secondary N) is 1. The lowest BCUT2D eigenvalue weighted by atomic mass is 10.2. The molecule has 8 nitrogen and oxygen atoms in total. The number of aromatic nitrogens is 5. The van der Waals surface area contributed by atoms with Gasteiger partial charge in [0.2, 0.25) is 17.7 Å². The van der Waals surface area contributed by atoms with Crippen molar-refractivity contribution in [2.24, 2.45) is 0 Å². The van der Waals surface area contributed by atoms with Gasteiger partial charge in [-0.2, -0.15) is 0 Å². The summed E-state index contributed by atoms with van der Waals surface area (Å²) >= 11 is 0. The second-order valence-corrected chi connectivity index (χ2v) is 5.69. The standard InChI is InChI=1S/C18H16N6O2/c25-16(19-12-15-21-20-14-8-4-5-11-24(14)15)9-10-17-22-23-18(26-17)13-6-2-1-3-7-13/h1-8,11H,9-10,12H2,(H,19,25). The summed E-state index contributed by atoms with van der Waals surface area (Å²) in [5, 5.41) is 19.0. The quantitative estimate of drug-likeness (QED) is 0.572. The third-order valence-electron chi connectivity index (χ3n) is 3.88. The highest BCUT2D eigenvalue weighted by Crippen LogP contribution is 2.17. The summed E-state index contributed by atoms with van der Waals surface area (Å²) in [5.41, 5.74) is 1.60. The molecule has 0 saturated heterocycles. The van der Waals surface area contributed by atoms with E-state index in [4.69, 9.17) is 4.42 Å². The van der Waals surface area contributed by atoms with E-state index in [1.165, 1.54) is 0 Å². The van der Waals surface area contributed by atoms with E-state index in [1.807, 2.05) is 59.1 Å². The first-order valence-electron chi connectivity index (χ1n) is 8.23. The maximum absolute atomic E-state index is 12.1. The monoisotopic (exact) mass is 348 g/mol. The average Bonchev–Trinajstić information content (AvgIpc) is 3.33. The Morgan fingerprint density at radius 2 is 1.85 bits per heavy atom. The SMILES string of the molecule is O=C(CCc1nnc(-c2ccccc2)o1)NCc1nnc2ccccn12. The number of carbonyl (C=O) groups is 1. The molecular weight excluding hydrogens is 332 g/mol. The van der Waals surface area contributed by atoms with Crippen molar-refractivity contribution < 1.29 is 9.21 Å². The zero-order chi connectivity index (χ0) is 17.8. The maximum atomic E-state index is 12.1. The van der Waals surface area contributed by atoms with Crippen molar-refractivity contribution in [3.8, 4) is 11.5 Å². The number of hydrogen-bond acceptors (Lipinski definition) is 6. The van der Waals surface area contributed by atoms with Gasteiger partial charge < -0.3 is 9.73 Å². The van der Waals surface area contributed by atoms with Crippen LogP contribution in [0.15, 0.2) is 59.1 Å². The summed E-state index contributed by atoms with van der Waals surface area (Å²) in [4.78, 5) is 12.1. The van der Waals surface area contributed by atoms with Crippen LogP contribution in [0.2, 0.25) is 0 Å². The first kappa shape index (κ1) is 15.9. The lowest BCUT2D eigenvalue weighted by molar-refractivity contribution is -0.121. The molecule has 0 bridgehead atoms. The first-order valence-corrected chi connectivity index (χ1v) is 8.23. The molecule has 4 aromatic rings. The molecule has 0 spiro atoms. The van der Waals surface area contributed by atoms with Crippen LogP contribution in [-0.2, 0) is 17.8 Å². The maximum Gasteiger partial charge on any atom is 0.247 e. The van der Waals surface area contributed by atoms with Gasteiger partial charge in [0.15, 0.2) is 11.5 Å². The number of benzene rings is 1. The van der Waals surface area contributed by atoms with Crippen molar-refractivity contribution in [2.75, 3.05) is 0 Å². The van der Waals surface area contributed by atoms with Crippen molar-refractivity contribution in [1.29, 1.82) is 0 Å². The van der Waals surface area contributed by atoms with Gasteiger partial charge in [0.1, 0.15) is 0 Å². The molecule has 4 rings (SSSR count). The lowest BCUT2D eigenvalue weighted by Gasteiger charge is -2.03. The molecule has 0 radical (unpaired) electrons. The highest BCUT2D eigenvalue weighted by atomic mass is 16.4. The normalized spacial score (nSPS) is 10.9. The van der Waals surface area contributed by atoms with E-state index >= 15 is 0 Å². The predicted octanol–water partition coefficient (Wildman–Crippen LogP) is 2.03. The molecule has 0 aliphatic carbocycles. The van der Waals surface area contributed by atoms with E-state index < -0.39 is 0 Å². The van der Waals surface area contributed by atoms with Crippen LogP contribution in [0.25, 0.3) is 17.1 Å². The molecule has 0 saturated carbocycles. The minimum Gasteiger partial charge on any atom is -0.421 e. The first-order chi connectivity index (χ1) is 12.8. The van der Waals surface area contributed by atoms with Gasteiger partial charge in [-0.1, -0.05) is 24.3 Å². The van der Waals surface area contributed by atoms with Gasteiger partial charge in [0, 0.05) is 24.6 Å². The molecule has 0 unspecified atom stereocenters. The molecule has 0 atom stereocenters. The number of amides is 1. The van der Waals surface area contributed by atoms with Crippen LogP contribution in [0.3, 0.4) is 0 Å². The van der Waals surface area contributed by atoms with Crippen LogP contribution in [0.4, 0.5) is 0 Å². The molecule has 3 aromatic heterocycles. The van der Waals surface area contributed by atoms with E-state index in [9.17, 15) is 4.79 Å². The van der Waals surface area contributed by atoms with Gasteiger partial charge in [-0.05, 0) is 24.3 Å². The molecule has 1 amide bonds. The topological polar surface area (TPSA) is 98.2 Å². The minimum atomic E-state index is -0.114. The zero-order valence-electron chi connectivity index (χ0n) is 13.9. The lowest BCUT2D eigenvalue weighted by Crippen LogP contribution is -2.24. The van der Waals surface area contributed by atoms with E-state index in [1.54, 1.807) is 0 Å². The fraction of sp³-hybridized carbons (Fsp3) is 0.167. The number of rotatable bonds is 6. The molecule has 8 heteroatoms. The third kappa shape index (κ3) is 3.44. The Labute approximate surface area is 148 Å². The molecule has 1 N–H and O–H groups in total. The van der Waals surface area contributed by atoms with E-state index in [-0.39, 0.29) is 12.3 Å². The van der Waals surface area contributed by atoms with Gasteiger partial charge >= 0.3 is 0 Å². The smallest absolute Gasteiger partial charge is 0.247 e. The molecular formula is C18H16N6O2. The van der Waals surface area contributed by atoms with Gasteiger partial charge in [0.25, 0.3) is 0 Å². The summed E-state index contributed by atoms with van der Waals surface area (Å²) in [6.45, 7) is 0.309. The van der Waals surface area contributed by atoms with Crippen LogP contribution < -0.4 is 5.32 Å². The van der Waals surface area contributed by atoms with Crippen molar-refractivity contribution >= 4 is 11.6 Å². The summed E-state index contributed by atoms with van der Waals surface area (Å²) in [6, 6.07) is 15.2. The second kappa shape index (κ2) is 7.14. The van der Waals surface area contributed by atoms with Crippen LogP contribution >= 0.6 is 0 Å². The van der Waals surface area contributed by atoms with Crippen LogP contribution in [0.1, 0.15) is 18.1 Å². The van der Waals surface area contributed by atoms with E-state index in [0.717, 1.165) is 11.2 Å². The van der Waals surface area contributed by atoms with Gasteiger partial charge in [-0.3, -0.25) is 9.20 Å². The van der Waals surface area contributed by atoms with Crippen molar-refractivity contribution in [3.05, 3.63) is 66.4 Å². The Balaban J connectivity index is 1.31. The fourth-order valence-corrected chi connectivity index (χ4v) is 2.55. The molecule has 3 heterocycles. The highest BCUT2D eigenvalue weighted by Gasteiger charge is 2.11. The van der Waals surface area contributed by atoms with Crippen LogP contribution in [0, 0.1) is 0 Å². The van der Waals surface area contributed by atoms with Crippen molar-refractivity contribution in [3.63, 3.8) is 0 Å². The predicted molar refractivity (Wildman–Crippen MR) is 92.9 cm³/mol. The van der Waals surface area contributed by atoms with Gasteiger partial charge in [-0.25, -0.2) is 0 Å². The molecule has 0 fully saturated rings. The van der Waals surface area contributed by atoms with Gasteiger partial charge in [-0.15, -0.1) is 20.4 Å². The Hall–Kier alpha value is -3.55. The fourth-order valence-electron chi connectivity index (χ4n) is 2.55. The number of aryl methyl sites for hydroxylation is 1. The zero-order valence-corrected chi connectivity index (χ0v) is 13.9. The molecule has 0 aliphatic heterocycles. The number of hydrogen-bond donors (Lipinski definition) is 1. The molecule has 130 valence electrons. The van der Waals surface area contributed by atoms with Crippen molar-refractivity contribution in [1.82, 2.24) is 30.1 Å². The average molecular weight is 348 g/mol. The Bertz CT molecular complexity index is 1020. The largest absolute Gasteiger partial charge is 0.421 e.